The zero-order chi connectivity index (χ0) is 14.8. The van der Waals surface area contributed by atoms with Gasteiger partial charge in [-0.2, -0.15) is 0 Å². The van der Waals surface area contributed by atoms with Gasteiger partial charge in [-0.3, -0.25) is 0 Å². The highest BCUT2D eigenvalue weighted by Crippen LogP contribution is 2.43. The molecule has 0 radical (unpaired) electrons. The van der Waals surface area contributed by atoms with Crippen molar-refractivity contribution in [2.75, 3.05) is 5.73 Å². The van der Waals surface area contributed by atoms with Gasteiger partial charge in [0, 0.05) is 11.1 Å². The summed E-state index contributed by atoms with van der Waals surface area (Å²) in [6, 6.07) is 21.6. The summed E-state index contributed by atoms with van der Waals surface area (Å²) in [6.45, 7) is 2.20. The van der Waals surface area contributed by atoms with Gasteiger partial charge < -0.3 is 5.73 Å². The van der Waals surface area contributed by atoms with Crippen LogP contribution >= 0.6 is 0 Å². The Morgan fingerprint density at radius 3 is 1.91 bits per heavy atom. The summed E-state index contributed by atoms with van der Waals surface area (Å²) in [4.78, 5) is 0. The second-order valence-electron chi connectivity index (χ2n) is 6.09. The second-order valence-corrected chi connectivity index (χ2v) is 6.09. The normalized spacial score (nSPS) is 12.0. The van der Waals surface area contributed by atoms with E-state index < -0.39 is 0 Å². The third kappa shape index (κ3) is 1.29. The van der Waals surface area contributed by atoms with Gasteiger partial charge in [0.05, 0.1) is 0 Å². The Morgan fingerprint density at radius 1 is 0.591 bits per heavy atom. The molecule has 0 heterocycles. The molecule has 1 nitrogen and oxygen atoms in total. The van der Waals surface area contributed by atoms with E-state index in [4.69, 9.17) is 5.73 Å². The van der Waals surface area contributed by atoms with Gasteiger partial charge in [-0.05, 0) is 56.3 Å². The minimum Gasteiger partial charge on any atom is -0.398 e. The Kier molecular flexibility index (Phi) is 2.09. The van der Waals surface area contributed by atoms with Crippen molar-refractivity contribution in [2.45, 2.75) is 6.92 Å². The highest BCUT2D eigenvalue weighted by molar-refractivity contribution is 6.35. The molecule has 0 saturated carbocycles. The molecule has 0 atom stereocenters. The van der Waals surface area contributed by atoms with Crippen LogP contribution in [0.3, 0.4) is 0 Å². The molecule has 0 fully saturated rings. The van der Waals surface area contributed by atoms with E-state index in [1.54, 1.807) is 0 Å². The summed E-state index contributed by atoms with van der Waals surface area (Å²) in [6.07, 6.45) is 0. The van der Waals surface area contributed by atoms with Gasteiger partial charge in [-0.1, -0.05) is 54.6 Å². The summed E-state index contributed by atoms with van der Waals surface area (Å²) in [7, 11) is 0. The lowest BCUT2D eigenvalue weighted by molar-refractivity contribution is 1.56. The first-order chi connectivity index (χ1) is 10.8. The van der Waals surface area contributed by atoms with Crippen LogP contribution in [0, 0.1) is 6.92 Å². The Morgan fingerprint density at radius 2 is 1.18 bits per heavy atom. The number of fused-ring (bicyclic) bond motifs is 2. The standard InChI is InChI=1S/C21H15N/c1-12-8-9-13-4-3-7-16-19(13)18(12)15-6-2-5-14-10-11-17(22)21(16)20(14)15/h2-11H,22H2,1H3. The summed E-state index contributed by atoms with van der Waals surface area (Å²) in [5.41, 5.74) is 8.55. The van der Waals surface area contributed by atoms with Crippen molar-refractivity contribution in [3.05, 3.63) is 66.2 Å². The molecule has 0 amide bonds. The fourth-order valence-electron chi connectivity index (χ4n) is 3.93. The van der Waals surface area contributed by atoms with Crippen molar-refractivity contribution in [3.63, 3.8) is 0 Å². The van der Waals surface area contributed by atoms with Crippen LogP contribution in [0.15, 0.2) is 60.7 Å². The number of nitrogen functional groups attached to an aromatic ring is 1. The van der Waals surface area contributed by atoms with Gasteiger partial charge in [-0.15, -0.1) is 0 Å². The third-order valence-electron chi connectivity index (χ3n) is 4.87. The van der Waals surface area contributed by atoms with Crippen molar-refractivity contribution < 1.29 is 0 Å². The van der Waals surface area contributed by atoms with Crippen LogP contribution in [0.1, 0.15) is 5.56 Å². The Hall–Kier alpha value is -2.80. The summed E-state index contributed by atoms with van der Waals surface area (Å²) in [5.74, 6) is 0. The highest BCUT2D eigenvalue weighted by atomic mass is 14.6. The summed E-state index contributed by atoms with van der Waals surface area (Å²) >= 11 is 0. The SMILES string of the molecule is Cc1ccc2cccc3c4c(N)ccc5cccc(c1c23)c54. The van der Waals surface area contributed by atoms with Gasteiger partial charge >= 0.3 is 0 Å². The maximum absolute atomic E-state index is 6.37. The first-order valence-electron chi connectivity index (χ1n) is 7.60. The lowest BCUT2D eigenvalue weighted by Gasteiger charge is -2.17. The molecule has 0 bridgehead atoms. The molecule has 1 heteroatoms. The summed E-state index contributed by atoms with van der Waals surface area (Å²) < 4.78 is 0. The average Bonchev–Trinajstić information content (AvgIpc) is 2.55. The smallest absolute Gasteiger partial charge is 0.0400 e. The van der Waals surface area contributed by atoms with Crippen molar-refractivity contribution in [2.24, 2.45) is 0 Å². The van der Waals surface area contributed by atoms with E-state index >= 15 is 0 Å². The summed E-state index contributed by atoms with van der Waals surface area (Å²) in [5, 5.41) is 10.3. The molecule has 0 aromatic heterocycles. The molecule has 0 saturated heterocycles. The van der Waals surface area contributed by atoms with Gasteiger partial charge in [0.1, 0.15) is 0 Å². The van der Waals surface area contributed by atoms with Crippen molar-refractivity contribution in [3.8, 4) is 0 Å². The van der Waals surface area contributed by atoms with Crippen LogP contribution in [-0.2, 0) is 0 Å². The largest absolute Gasteiger partial charge is 0.398 e. The zero-order valence-electron chi connectivity index (χ0n) is 12.4. The first-order valence-corrected chi connectivity index (χ1v) is 7.60. The van der Waals surface area contributed by atoms with Crippen molar-refractivity contribution in [1.29, 1.82) is 0 Å². The number of hydrogen-bond donors (Lipinski definition) is 1. The van der Waals surface area contributed by atoms with Gasteiger partial charge in [0.2, 0.25) is 0 Å². The predicted molar refractivity (Wildman–Crippen MR) is 96.8 cm³/mol. The van der Waals surface area contributed by atoms with E-state index in [1.807, 2.05) is 6.07 Å². The molecule has 0 aliphatic carbocycles. The van der Waals surface area contributed by atoms with Crippen LogP contribution in [-0.4, -0.2) is 0 Å². The zero-order valence-corrected chi connectivity index (χ0v) is 12.4. The quantitative estimate of drug-likeness (QED) is 0.222. The minimum atomic E-state index is 0.861. The van der Waals surface area contributed by atoms with E-state index in [2.05, 4.69) is 61.5 Å². The molecule has 104 valence electrons. The van der Waals surface area contributed by atoms with E-state index in [1.165, 1.54) is 48.7 Å². The maximum Gasteiger partial charge on any atom is 0.0400 e. The van der Waals surface area contributed by atoms with Gasteiger partial charge in [0.15, 0.2) is 0 Å². The molecule has 5 aromatic carbocycles. The van der Waals surface area contributed by atoms with Crippen molar-refractivity contribution >= 4 is 48.8 Å². The Labute approximate surface area is 128 Å². The molecule has 0 aliphatic heterocycles. The van der Waals surface area contributed by atoms with Crippen LogP contribution < -0.4 is 5.73 Å². The Bertz CT molecular complexity index is 1090. The number of hydrogen-bond acceptors (Lipinski definition) is 1. The van der Waals surface area contributed by atoms with Crippen LogP contribution in [0.5, 0.6) is 0 Å². The van der Waals surface area contributed by atoms with Gasteiger partial charge in [0.25, 0.3) is 0 Å². The fourth-order valence-corrected chi connectivity index (χ4v) is 3.93. The molecular weight excluding hydrogens is 266 g/mol. The lowest BCUT2D eigenvalue weighted by atomic mass is 9.87. The molecule has 0 spiro atoms. The van der Waals surface area contributed by atoms with E-state index in [9.17, 15) is 0 Å². The molecule has 5 aromatic rings. The third-order valence-corrected chi connectivity index (χ3v) is 4.87. The lowest BCUT2D eigenvalue weighted by Crippen LogP contribution is -1.93. The van der Waals surface area contributed by atoms with E-state index in [-0.39, 0.29) is 0 Å². The van der Waals surface area contributed by atoms with Crippen LogP contribution in [0.25, 0.3) is 43.1 Å². The van der Waals surface area contributed by atoms with Crippen LogP contribution in [0.4, 0.5) is 5.69 Å². The fraction of sp³-hybridized carbons (Fsp3) is 0.0476. The average molecular weight is 281 g/mol. The molecule has 0 unspecified atom stereocenters. The first kappa shape index (κ1) is 11.8. The van der Waals surface area contributed by atoms with Gasteiger partial charge in [-0.25, -0.2) is 0 Å². The highest BCUT2D eigenvalue weighted by Gasteiger charge is 2.15. The molecule has 5 rings (SSSR count). The van der Waals surface area contributed by atoms with Crippen molar-refractivity contribution in [1.82, 2.24) is 0 Å². The number of rotatable bonds is 0. The number of benzene rings is 5. The molecule has 2 N–H and O–H groups in total. The maximum atomic E-state index is 6.37. The second kappa shape index (κ2) is 3.89. The number of nitrogens with two attached hydrogens (primary N) is 1. The Balaban J connectivity index is 2.33. The monoisotopic (exact) mass is 281 g/mol. The van der Waals surface area contributed by atoms with E-state index in [0.29, 0.717) is 0 Å². The van der Waals surface area contributed by atoms with Crippen LogP contribution in [0.2, 0.25) is 0 Å². The predicted octanol–water partition coefficient (Wildman–Crippen LogP) is 5.63. The molecule has 0 aliphatic rings. The minimum absolute atomic E-state index is 0.861. The topological polar surface area (TPSA) is 26.0 Å². The number of anilines is 1. The number of aryl methyl sites for hydroxylation is 1. The van der Waals surface area contributed by atoms with E-state index in [0.717, 1.165) is 5.69 Å². The molecule has 22 heavy (non-hydrogen) atoms. The molecular formula is C21H15N.